The summed E-state index contributed by atoms with van der Waals surface area (Å²) in [5.41, 5.74) is 5.20. The van der Waals surface area contributed by atoms with Crippen LogP contribution >= 0.6 is 15.9 Å². The van der Waals surface area contributed by atoms with Crippen molar-refractivity contribution in [1.29, 1.82) is 0 Å². The molecule has 3 heteroatoms. The topological polar surface area (TPSA) is 30.0 Å². The van der Waals surface area contributed by atoms with Crippen LogP contribution in [0.5, 0.6) is 0 Å². The molecule has 0 saturated heterocycles. The molecule has 2 aromatic carbocycles. The van der Waals surface area contributed by atoms with Crippen molar-refractivity contribution in [1.82, 2.24) is 4.98 Å². The first kappa shape index (κ1) is 16.6. The van der Waals surface area contributed by atoms with Gasteiger partial charge in [0.05, 0.1) is 0 Å². The Labute approximate surface area is 150 Å². The highest BCUT2D eigenvalue weighted by Gasteiger charge is 2.08. The molecular formula is C21H18BrNO. The second-order valence-corrected chi connectivity index (χ2v) is 6.73. The fourth-order valence-electron chi connectivity index (χ4n) is 2.64. The number of aromatic nitrogens is 1. The number of pyridine rings is 1. The van der Waals surface area contributed by atoms with Gasteiger partial charge < -0.3 is 0 Å². The molecule has 3 rings (SSSR count). The van der Waals surface area contributed by atoms with Crippen LogP contribution in [0.25, 0.3) is 11.1 Å². The number of hydrogen-bond acceptors (Lipinski definition) is 2. The Bertz CT molecular complexity index is 841. The van der Waals surface area contributed by atoms with Gasteiger partial charge in [-0.05, 0) is 35.7 Å². The number of rotatable bonds is 5. The summed E-state index contributed by atoms with van der Waals surface area (Å²) in [5, 5.41) is 0. The fraction of sp³-hybridized carbons (Fsp3) is 0.143. The average Bonchev–Trinajstić information content (AvgIpc) is 2.59. The highest BCUT2D eigenvalue weighted by atomic mass is 79.9. The van der Waals surface area contributed by atoms with Gasteiger partial charge in [0.1, 0.15) is 5.78 Å². The maximum absolute atomic E-state index is 12.3. The zero-order valence-electron chi connectivity index (χ0n) is 13.5. The van der Waals surface area contributed by atoms with E-state index in [1.807, 2.05) is 61.7 Å². The summed E-state index contributed by atoms with van der Waals surface area (Å²) in [7, 11) is 0. The lowest BCUT2D eigenvalue weighted by molar-refractivity contribution is -0.117. The minimum Gasteiger partial charge on any atom is -0.299 e. The van der Waals surface area contributed by atoms with Crippen LogP contribution in [-0.2, 0) is 17.6 Å². The number of hydrogen-bond donors (Lipinski definition) is 0. The molecule has 0 fully saturated rings. The molecule has 0 radical (unpaired) electrons. The van der Waals surface area contributed by atoms with Gasteiger partial charge in [0, 0.05) is 34.8 Å². The third-order valence-corrected chi connectivity index (χ3v) is 4.82. The van der Waals surface area contributed by atoms with Crippen molar-refractivity contribution in [2.75, 3.05) is 0 Å². The molecule has 0 aliphatic heterocycles. The summed E-state index contributed by atoms with van der Waals surface area (Å²) in [4.78, 5) is 16.7. The Morgan fingerprint density at radius 2 is 1.75 bits per heavy atom. The van der Waals surface area contributed by atoms with E-state index < -0.39 is 0 Å². The Morgan fingerprint density at radius 3 is 2.42 bits per heavy atom. The summed E-state index contributed by atoms with van der Waals surface area (Å²) in [5.74, 6) is 0.177. The number of aryl methyl sites for hydroxylation is 1. The second kappa shape index (κ2) is 7.54. The zero-order valence-corrected chi connectivity index (χ0v) is 15.1. The van der Waals surface area contributed by atoms with E-state index in [4.69, 9.17) is 0 Å². The minimum atomic E-state index is 0.177. The summed E-state index contributed by atoms with van der Waals surface area (Å²) in [6.45, 7) is 2.03. The van der Waals surface area contributed by atoms with Gasteiger partial charge >= 0.3 is 0 Å². The van der Waals surface area contributed by atoms with Crippen LogP contribution in [0.3, 0.4) is 0 Å². The van der Waals surface area contributed by atoms with Gasteiger partial charge in [-0.1, -0.05) is 64.5 Å². The van der Waals surface area contributed by atoms with Crippen LogP contribution in [0.4, 0.5) is 0 Å². The second-order valence-electron chi connectivity index (χ2n) is 5.88. The van der Waals surface area contributed by atoms with Crippen LogP contribution in [0.15, 0.2) is 71.3 Å². The Hall–Kier alpha value is -2.26. The van der Waals surface area contributed by atoms with Gasteiger partial charge in [-0.15, -0.1) is 0 Å². The molecule has 0 saturated carbocycles. The van der Waals surface area contributed by atoms with Crippen molar-refractivity contribution in [3.8, 4) is 11.1 Å². The predicted molar refractivity (Wildman–Crippen MR) is 101 cm³/mol. The van der Waals surface area contributed by atoms with Gasteiger partial charge in [0.25, 0.3) is 0 Å². The van der Waals surface area contributed by atoms with Crippen molar-refractivity contribution < 1.29 is 4.79 Å². The van der Waals surface area contributed by atoms with E-state index >= 15 is 0 Å². The number of Topliss-reactive ketones (excluding diaryl/α,β-unsaturated/α-hetero) is 1. The van der Waals surface area contributed by atoms with Crippen molar-refractivity contribution >= 4 is 21.7 Å². The van der Waals surface area contributed by atoms with Crippen molar-refractivity contribution in [3.05, 3.63) is 88.2 Å². The molecule has 24 heavy (non-hydrogen) atoms. The number of halogens is 1. The molecule has 1 aromatic heterocycles. The maximum Gasteiger partial charge on any atom is 0.143 e. The summed E-state index contributed by atoms with van der Waals surface area (Å²) < 4.78 is 1.07. The average molecular weight is 380 g/mol. The van der Waals surface area contributed by atoms with Crippen LogP contribution in [0.2, 0.25) is 0 Å². The van der Waals surface area contributed by atoms with E-state index in [1.54, 1.807) is 0 Å². The number of ketones is 1. The van der Waals surface area contributed by atoms with Crippen LogP contribution in [-0.4, -0.2) is 10.8 Å². The molecular weight excluding hydrogens is 362 g/mol. The molecule has 0 atom stereocenters. The van der Waals surface area contributed by atoms with Crippen LogP contribution in [0.1, 0.15) is 16.8 Å². The van der Waals surface area contributed by atoms with Gasteiger partial charge in [-0.2, -0.15) is 0 Å². The third kappa shape index (κ3) is 4.18. The molecule has 2 nitrogen and oxygen atoms in total. The molecule has 0 spiro atoms. The van der Waals surface area contributed by atoms with Crippen LogP contribution in [0, 0.1) is 6.92 Å². The van der Waals surface area contributed by atoms with E-state index in [2.05, 4.69) is 33.0 Å². The predicted octanol–water partition coefficient (Wildman–Crippen LogP) is 5.17. The molecule has 1 heterocycles. The molecule has 120 valence electrons. The molecule has 0 unspecified atom stereocenters. The first-order valence-electron chi connectivity index (χ1n) is 7.89. The van der Waals surface area contributed by atoms with Crippen molar-refractivity contribution in [2.24, 2.45) is 0 Å². The normalized spacial score (nSPS) is 10.6. The Morgan fingerprint density at radius 1 is 0.958 bits per heavy atom. The number of carbonyl (C=O) groups is 1. The zero-order chi connectivity index (χ0) is 16.9. The minimum absolute atomic E-state index is 0.177. The van der Waals surface area contributed by atoms with Gasteiger partial charge in [-0.3, -0.25) is 9.78 Å². The number of carbonyl (C=O) groups excluding carboxylic acids is 1. The molecule has 3 aromatic rings. The molecule has 0 bridgehead atoms. The van der Waals surface area contributed by atoms with Crippen molar-refractivity contribution in [3.63, 3.8) is 0 Å². The SMILES string of the molecule is Cc1cc(CC(=O)Cc2ccc(-c3ccccc3)cn2)ccc1Br. The van der Waals surface area contributed by atoms with Crippen LogP contribution < -0.4 is 0 Å². The Kier molecular flexibility index (Phi) is 5.21. The maximum atomic E-state index is 12.3. The van der Waals surface area contributed by atoms with E-state index in [0.29, 0.717) is 12.8 Å². The molecule has 0 N–H and O–H groups in total. The molecule has 0 aliphatic carbocycles. The third-order valence-electron chi connectivity index (χ3n) is 3.93. The van der Waals surface area contributed by atoms with Crippen molar-refractivity contribution in [2.45, 2.75) is 19.8 Å². The van der Waals surface area contributed by atoms with Gasteiger partial charge in [-0.25, -0.2) is 0 Å². The van der Waals surface area contributed by atoms with E-state index in [1.165, 1.54) is 0 Å². The lowest BCUT2D eigenvalue weighted by atomic mass is 10.0. The first-order valence-corrected chi connectivity index (χ1v) is 8.68. The number of nitrogens with zero attached hydrogens (tertiary/aromatic N) is 1. The standard InChI is InChI=1S/C21H18BrNO/c1-15-11-16(7-10-21(15)22)12-20(24)13-19-9-8-18(14-23-19)17-5-3-2-4-6-17/h2-11,14H,12-13H2,1H3. The smallest absolute Gasteiger partial charge is 0.143 e. The Balaban J connectivity index is 1.65. The summed E-state index contributed by atoms with van der Waals surface area (Å²) >= 11 is 3.48. The largest absolute Gasteiger partial charge is 0.299 e. The van der Waals surface area contributed by atoms with E-state index in [-0.39, 0.29) is 5.78 Å². The number of benzene rings is 2. The molecule has 0 aliphatic rings. The molecule has 0 amide bonds. The lowest BCUT2D eigenvalue weighted by Crippen LogP contribution is -2.08. The highest BCUT2D eigenvalue weighted by Crippen LogP contribution is 2.19. The lowest BCUT2D eigenvalue weighted by Gasteiger charge is -2.05. The van der Waals surface area contributed by atoms with E-state index in [0.717, 1.165) is 32.4 Å². The summed E-state index contributed by atoms with van der Waals surface area (Å²) in [6.07, 6.45) is 2.64. The monoisotopic (exact) mass is 379 g/mol. The summed E-state index contributed by atoms with van der Waals surface area (Å²) in [6, 6.07) is 20.1. The fourth-order valence-corrected chi connectivity index (χ4v) is 2.89. The van der Waals surface area contributed by atoms with E-state index in [9.17, 15) is 4.79 Å². The van der Waals surface area contributed by atoms with Gasteiger partial charge in [0.15, 0.2) is 0 Å². The van der Waals surface area contributed by atoms with Gasteiger partial charge in [0.2, 0.25) is 0 Å². The highest BCUT2D eigenvalue weighted by molar-refractivity contribution is 9.10. The first-order chi connectivity index (χ1) is 11.6. The quantitative estimate of drug-likeness (QED) is 0.611.